The van der Waals surface area contributed by atoms with Crippen LogP contribution in [0, 0.1) is 6.92 Å². The van der Waals surface area contributed by atoms with E-state index in [1.54, 1.807) is 30.4 Å². The van der Waals surface area contributed by atoms with Crippen molar-refractivity contribution in [2.75, 3.05) is 0 Å². The standard InChI is InChI=1S/C18H16F3N3O3/c1-11-5-3-6-13(9-11)15(25)23-17(18(19,20)21)16(26)24(12(2)22-17)10-14-7-4-8-27-14/h3-9H,10H2,1-2H3,(H,23,25). The molecule has 0 bridgehead atoms. The van der Waals surface area contributed by atoms with Gasteiger partial charge in [-0.3, -0.25) is 14.5 Å². The van der Waals surface area contributed by atoms with E-state index in [0.29, 0.717) is 11.3 Å². The summed E-state index contributed by atoms with van der Waals surface area (Å²) in [7, 11) is 0. The molecule has 2 aromatic rings. The highest BCUT2D eigenvalue weighted by Gasteiger charge is 2.66. The van der Waals surface area contributed by atoms with Crippen LogP contribution in [-0.2, 0) is 11.3 Å². The Morgan fingerprint density at radius 2 is 2.00 bits per heavy atom. The first kappa shape index (κ1) is 18.7. The molecule has 2 amide bonds. The summed E-state index contributed by atoms with van der Waals surface area (Å²) in [5.41, 5.74) is -2.67. The molecule has 27 heavy (non-hydrogen) atoms. The Hall–Kier alpha value is -3.10. The molecular weight excluding hydrogens is 363 g/mol. The van der Waals surface area contributed by atoms with Crippen molar-refractivity contribution in [2.45, 2.75) is 32.2 Å². The van der Waals surface area contributed by atoms with Crippen molar-refractivity contribution in [1.82, 2.24) is 10.2 Å². The highest BCUT2D eigenvalue weighted by atomic mass is 19.4. The number of hydrogen-bond acceptors (Lipinski definition) is 4. The predicted octanol–water partition coefficient (Wildman–Crippen LogP) is 3.04. The van der Waals surface area contributed by atoms with Gasteiger partial charge in [0.2, 0.25) is 0 Å². The summed E-state index contributed by atoms with van der Waals surface area (Å²) in [6, 6.07) is 9.11. The molecular formula is C18H16F3N3O3. The molecule has 1 unspecified atom stereocenters. The van der Waals surface area contributed by atoms with Crippen LogP contribution in [0.3, 0.4) is 0 Å². The maximum atomic E-state index is 13.9. The third-order valence-electron chi connectivity index (χ3n) is 4.15. The molecule has 1 aromatic carbocycles. The number of nitrogens with one attached hydrogen (secondary N) is 1. The van der Waals surface area contributed by atoms with Gasteiger partial charge in [-0.05, 0) is 38.1 Å². The van der Waals surface area contributed by atoms with E-state index in [0.717, 1.165) is 4.90 Å². The SMILES string of the molecule is CC1=NC(NC(=O)c2cccc(C)c2)(C(F)(F)F)C(=O)N1Cc1ccco1. The van der Waals surface area contributed by atoms with Crippen molar-refractivity contribution >= 4 is 17.6 Å². The molecule has 1 N–H and O–H groups in total. The first-order valence-corrected chi connectivity index (χ1v) is 8.01. The fourth-order valence-electron chi connectivity index (χ4n) is 2.80. The second-order valence-electron chi connectivity index (χ2n) is 6.16. The molecule has 1 aliphatic heterocycles. The highest BCUT2D eigenvalue weighted by molar-refractivity contribution is 6.10. The fourth-order valence-corrected chi connectivity index (χ4v) is 2.80. The lowest BCUT2D eigenvalue weighted by Crippen LogP contribution is -2.63. The average Bonchev–Trinajstić information content (AvgIpc) is 3.17. The van der Waals surface area contributed by atoms with E-state index in [2.05, 4.69) is 4.99 Å². The zero-order valence-corrected chi connectivity index (χ0v) is 14.5. The first-order valence-electron chi connectivity index (χ1n) is 8.01. The van der Waals surface area contributed by atoms with Crippen LogP contribution in [-0.4, -0.2) is 34.4 Å². The van der Waals surface area contributed by atoms with Gasteiger partial charge in [-0.2, -0.15) is 13.2 Å². The van der Waals surface area contributed by atoms with E-state index in [9.17, 15) is 22.8 Å². The lowest BCUT2D eigenvalue weighted by molar-refractivity contribution is -0.196. The molecule has 0 fully saturated rings. The van der Waals surface area contributed by atoms with Crippen molar-refractivity contribution in [3.63, 3.8) is 0 Å². The van der Waals surface area contributed by atoms with Gasteiger partial charge < -0.3 is 9.73 Å². The summed E-state index contributed by atoms with van der Waals surface area (Å²) in [4.78, 5) is 29.4. The quantitative estimate of drug-likeness (QED) is 0.887. The van der Waals surface area contributed by atoms with Crippen LogP contribution in [0.1, 0.15) is 28.6 Å². The largest absolute Gasteiger partial charge is 0.467 e. The molecule has 0 saturated carbocycles. The Bertz CT molecular complexity index is 906. The van der Waals surface area contributed by atoms with Crippen molar-refractivity contribution in [3.05, 3.63) is 59.5 Å². The molecule has 1 aliphatic rings. The van der Waals surface area contributed by atoms with Gasteiger partial charge in [0.05, 0.1) is 12.8 Å². The molecule has 142 valence electrons. The number of aryl methyl sites for hydroxylation is 1. The van der Waals surface area contributed by atoms with Crippen molar-refractivity contribution in [3.8, 4) is 0 Å². The molecule has 0 radical (unpaired) electrons. The molecule has 3 rings (SSSR count). The average molecular weight is 379 g/mol. The van der Waals surface area contributed by atoms with E-state index in [-0.39, 0.29) is 17.9 Å². The Morgan fingerprint density at radius 3 is 2.59 bits per heavy atom. The Labute approximate surface area is 152 Å². The topological polar surface area (TPSA) is 74.9 Å². The summed E-state index contributed by atoms with van der Waals surface area (Å²) < 4.78 is 46.7. The number of aliphatic imine (C=N–C) groups is 1. The van der Waals surface area contributed by atoms with Gasteiger partial charge in [0.25, 0.3) is 11.8 Å². The third kappa shape index (κ3) is 3.32. The van der Waals surface area contributed by atoms with Crippen LogP contribution < -0.4 is 5.32 Å². The molecule has 0 spiro atoms. The van der Waals surface area contributed by atoms with E-state index in [1.807, 2.05) is 0 Å². The minimum atomic E-state index is -5.12. The lowest BCUT2D eigenvalue weighted by atomic mass is 10.1. The summed E-state index contributed by atoms with van der Waals surface area (Å²) >= 11 is 0. The van der Waals surface area contributed by atoms with Crippen molar-refractivity contribution in [2.24, 2.45) is 4.99 Å². The van der Waals surface area contributed by atoms with Gasteiger partial charge in [-0.25, -0.2) is 4.99 Å². The van der Waals surface area contributed by atoms with Crippen LogP contribution >= 0.6 is 0 Å². The second kappa shape index (κ2) is 6.57. The Kier molecular flexibility index (Phi) is 4.54. The Balaban J connectivity index is 1.94. The maximum Gasteiger partial charge on any atom is 0.442 e. The molecule has 0 saturated heterocycles. The summed E-state index contributed by atoms with van der Waals surface area (Å²) in [6.45, 7) is 2.75. The number of benzene rings is 1. The number of amides is 2. The number of amidine groups is 1. The summed E-state index contributed by atoms with van der Waals surface area (Å²) in [5, 5.41) is 1.79. The van der Waals surface area contributed by atoms with Gasteiger partial charge in [-0.1, -0.05) is 17.7 Å². The van der Waals surface area contributed by atoms with Gasteiger partial charge >= 0.3 is 11.8 Å². The predicted molar refractivity (Wildman–Crippen MR) is 89.8 cm³/mol. The number of furan rings is 1. The zero-order chi connectivity index (χ0) is 19.8. The van der Waals surface area contributed by atoms with Gasteiger partial charge in [0.15, 0.2) is 0 Å². The second-order valence-corrected chi connectivity index (χ2v) is 6.16. The van der Waals surface area contributed by atoms with E-state index < -0.39 is 23.7 Å². The van der Waals surface area contributed by atoms with Crippen LogP contribution in [0.4, 0.5) is 13.2 Å². The molecule has 2 heterocycles. The van der Waals surface area contributed by atoms with E-state index in [1.165, 1.54) is 31.4 Å². The fraction of sp³-hybridized carbons (Fsp3) is 0.278. The number of nitrogens with zero attached hydrogens (tertiary/aromatic N) is 2. The third-order valence-corrected chi connectivity index (χ3v) is 4.15. The molecule has 1 atom stereocenters. The zero-order valence-electron chi connectivity index (χ0n) is 14.5. The highest BCUT2D eigenvalue weighted by Crippen LogP contribution is 2.38. The van der Waals surface area contributed by atoms with Crippen LogP contribution in [0.2, 0.25) is 0 Å². The molecule has 0 aliphatic carbocycles. The van der Waals surface area contributed by atoms with Crippen molar-refractivity contribution in [1.29, 1.82) is 0 Å². The van der Waals surface area contributed by atoms with Gasteiger partial charge in [0, 0.05) is 5.56 Å². The summed E-state index contributed by atoms with van der Waals surface area (Å²) in [6.07, 6.45) is -3.78. The maximum absolute atomic E-state index is 13.9. The number of rotatable bonds is 4. The van der Waals surface area contributed by atoms with Gasteiger partial charge in [0.1, 0.15) is 11.6 Å². The summed E-state index contributed by atoms with van der Waals surface area (Å²) in [5.74, 6) is -2.30. The van der Waals surface area contributed by atoms with Crippen LogP contribution in [0.15, 0.2) is 52.1 Å². The minimum Gasteiger partial charge on any atom is -0.467 e. The van der Waals surface area contributed by atoms with E-state index >= 15 is 0 Å². The number of hydrogen-bond donors (Lipinski definition) is 1. The molecule has 9 heteroatoms. The van der Waals surface area contributed by atoms with Crippen LogP contribution in [0.25, 0.3) is 0 Å². The van der Waals surface area contributed by atoms with E-state index in [4.69, 9.17) is 4.42 Å². The first-order chi connectivity index (χ1) is 12.6. The monoisotopic (exact) mass is 379 g/mol. The number of carbonyl (C=O) groups is 2. The smallest absolute Gasteiger partial charge is 0.442 e. The number of halogens is 3. The Morgan fingerprint density at radius 1 is 1.26 bits per heavy atom. The number of alkyl halides is 3. The minimum absolute atomic E-state index is 0.00348. The normalized spacial score (nSPS) is 20.0. The van der Waals surface area contributed by atoms with Gasteiger partial charge in [-0.15, -0.1) is 0 Å². The molecule has 1 aromatic heterocycles. The van der Waals surface area contributed by atoms with Crippen molar-refractivity contribution < 1.29 is 27.2 Å². The van der Waals surface area contributed by atoms with Crippen LogP contribution in [0.5, 0.6) is 0 Å². The lowest BCUT2D eigenvalue weighted by Gasteiger charge is -2.29. The molecule has 6 nitrogen and oxygen atoms in total. The number of carbonyl (C=O) groups excluding carboxylic acids is 2.